The van der Waals surface area contributed by atoms with Crippen molar-refractivity contribution in [2.75, 3.05) is 5.32 Å². The van der Waals surface area contributed by atoms with E-state index in [1.54, 1.807) is 48.7 Å². The number of furan rings is 1. The standard InChI is InChI=1S/C16H11ClN2O2/c17-12-6-4-11(5-7-12)13-8-9-14(21-13)16(20)19-15-3-1-2-10-18-15/h1-10H,(H,18,19,20). The Hall–Kier alpha value is -2.59. The van der Waals surface area contributed by atoms with Gasteiger partial charge in [-0.2, -0.15) is 0 Å². The Morgan fingerprint density at radius 3 is 2.57 bits per heavy atom. The van der Waals surface area contributed by atoms with E-state index in [9.17, 15) is 4.79 Å². The Kier molecular flexibility index (Phi) is 3.71. The van der Waals surface area contributed by atoms with Gasteiger partial charge in [-0.1, -0.05) is 17.7 Å². The zero-order chi connectivity index (χ0) is 14.7. The molecule has 3 aromatic rings. The predicted octanol–water partition coefficient (Wildman–Crippen LogP) is 4.25. The normalized spacial score (nSPS) is 10.3. The number of carbonyl (C=O) groups excluding carboxylic acids is 1. The van der Waals surface area contributed by atoms with Crippen molar-refractivity contribution in [3.63, 3.8) is 0 Å². The predicted molar refractivity (Wildman–Crippen MR) is 81.3 cm³/mol. The van der Waals surface area contributed by atoms with Crippen LogP contribution in [-0.2, 0) is 0 Å². The van der Waals surface area contributed by atoms with E-state index >= 15 is 0 Å². The molecule has 0 saturated heterocycles. The van der Waals surface area contributed by atoms with Gasteiger partial charge in [0, 0.05) is 16.8 Å². The Morgan fingerprint density at radius 2 is 1.86 bits per heavy atom. The highest BCUT2D eigenvalue weighted by Crippen LogP contribution is 2.24. The van der Waals surface area contributed by atoms with Gasteiger partial charge in [-0.25, -0.2) is 4.98 Å². The minimum atomic E-state index is -0.339. The molecule has 0 saturated carbocycles. The van der Waals surface area contributed by atoms with Crippen molar-refractivity contribution in [2.24, 2.45) is 0 Å². The van der Waals surface area contributed by atoms with Gasteiger partial charge in [-0.15, -0.1) is 0 Å². The van der Waals surface area contributed by atoms with Crippen LogP contribution < -0.4 is 5.32 Å². The number of halogens is 1. The Balaban J connectivity index is 1.78. The topological polar surface area (TPSA) is 55.1 Å². The highest BCUT2D eigenvalue weighted by molar-refractivity contribution is 6.30. The third kappa shape index (κ3) is 3.12. The molecule has 0 aliphatic heterocycles. The van der Waals surface area contributed by atoms with E-state index in [4.69, 9.17) is 16.0 Å². The second-order valence-electron chi connectivity index (χ2n) is 4.34. The molecule has 2 aromatic heterocycles. The molecule has 0 atom stereocenters. The monoisotopic (exact) mass is 298 g/mol. The van der Waals surface area contributed by atoms with Crippen molar-refractivity contribution in [3.8, 4) is 11.3 Å². The van der Waals surface area contributed by atoms with E-state index in [-0.39, 0.29) is 11.7 Å². The van der Waals surface area contributed by atoms with Crippen molar-refractivity contribution in [1.29, 1.82) is 0 Å². The highest BCUT2D eigenvalue weighted by atomic mass is 35.5. The van der Waals surface area contributed by atoms with Gasteiger partial charge in [-0.3, -0.25) is 4.79 Å². The molecule has 0 spiro atoms. The van der Waals surface area contributed by atoms with Gasteiger partial charge in [0.15, 0.2) is 5.76 Å². The number of pyridine rings is 1. The molecule has 0 aliphatic rings. The van der Waals surface area contributed by atoms with Crippen LogP contribution in [0.5, 0.6) is 0 Å². The van der Waals surface area contributed by atoms with E-state index in [1.165, 1.54) is 0 Å². The highest BCUT2D eigenvalue weighted by Gasteiger charge is 2.12. The molecule has 0 unspecified atom stereocenters. The number of hydrogen-bond acceptors (Lipinski definition) is 3. The summed E-state index contributed by atoms with van der Waals surface area (Å²) in [4.78, 5) is 16.1. The first-order valence-corrected chi connectivity index (χ1v) is 6.68. The van der Waals surface area contributed by atoms with Gasteiger partial charge in [0.1, 0.15) is 11.6 Å². The number of anilines is 1. The average Bonchev–Trinajstić information content (AvgIpc) is 2.99. The molecule has 2 heterocycles. The average molecular weight is 299 g/mol. The van der Waals surface area contributed by atoms with Crippen LogP contribution in [0.15, 0.2) is 65.2 Å². The van der Waals surface area contributed by atoms with Crippen LogP contribution >= 0.6 is 11.6 Å². The van der Waals surface area contributed by atoms with Crippen LogP contribution in [0.25, 0.3) is 11.3 Å². The van der Waals surface area contributed by atoms with Crippen LogP contribution in [-0.4, -0.2) is 10.9 Å². The van der Waals surface area contributed by atoms with Gasteiger partial charge < -0.3 is 9.73 Å². The Labute approximate surface area is 126 Å². The number of nitrogens with one attached hydrogen (secondary N) is 1. The van der Waals surface area contributed by atoms with E-state index < -0.39 is 0 Å². The molecule has 0 bridgehead atoms. The van der Waals surface area contributed by atoms with Gasteiger partial charge in [-0.05, 0) is 48.5 Å². The summed E-state index contributed by atoms with van der Waals surface area (Å²) in [6, 6.07) is 15.9. The number of carbonyl (C=O) groups is 1. The van der Waals surface area contributed by atoms with Crippen molar-refractivity contribution < 1.29 is 9.21 Å². The molecule has 1 amide bonds. The summed E-state index contributed by atoms with van der Waals surface area (Å²) in [5.74, 6) is 0.976. The lowest BCUT2D eigenvalue weighted by Crippen LogP contribution is -2.11. The largest absolute Gasteiger partial charge is 0.451 e. The summed E-state index contributed by atoms with van der Waals surface area (Å²) in [5.41, 5.74) is 0.858. The fourth-order valence-electron chi connectivity index (χ4n) is 1.84. The van der Waals surface area contributed by atoms with E-state index in [0.29, 0.717) is 16.6 Å². The smallest absolute Gasteiger partial charge is 0.292 e. The molecule has 0 aliphatic carbocycles. The van der Waals surface area contributed by atoms with Gasteiger partial charge >= 0.3 is 0 Å². The summed E-state index contributed by atoms with van der Waals surface area (Å²) < 4.78 is 5.56. The molecule has 0 fully saturated rings. The number of hydrogen-bond donors (Lipinski definition) is 1. The minimum Gasteiger partial charge on any atom is -0.451 e. The molecule has 21 heavy (non-hydrogen) atoms. The molecule has 0 radical (unpaired) electrons. The first kappa shape index (κ1) is 13.4. The fourth-order valence-corrected chi connectivity index (χ4v) is 1.97. The molecule has 3 rings (SSSR count). The summed E-state index contributed by atoms with van der Waals surface area (Å²) in [5, 5.41) is 3.32. The zero-order valence-electron chi connectivity index (χ0n) is 10.9. The van der Waals surface area contributed by atoms with Gasteiger partial charge in [0.05, 0.1) is 0 Å². The van der Waals surface area contributed by atoms with E-state index in [2.05, 4.69) is 10.3 Å². The van der Waals surface area contributed by atoms with Crippen molar-refractivity contribution in [1.82, 2.24) is 4.98 Å². The van der Waals surface area contributed by atoms with E-state index in [1.807, 2.05) is 12.1 Å². The van der Waals surface area contributed by atoms with Gasteiger partial charge in [0.25, 0.3) is 5.91 Å². The maximum absolute atomic E-state index is 12.0. The third-order valence-electron chi connectivity index (χ3n) is 2.87. The number of amides is 1. The van der Waals surface area contributed by atoms with E-state index in [0.717, 1.165) is 5.56 Å². The number of aromatic nitrogens is 1. The number of rotatable bonds is 3. The molecule has 5 heteroatoms. The summed E-state index contributed by atoms with van der Waals surface area (Å²) in [6.07, 6.45) is 1.61. The van der Waals surface area contributed by atoms with Crippen molar-refractivity contribution in [2.45, 2.75) is 0 Å². The first-order valence-electron chi connectivity index (χ1n) is 6.30. The van der Waals surface area contributed by atoms with Crippen LogP contribution in [0.4, 0.5) is 5.82 Å². The van der Waals surface area contributed by atoms with Crippen LogP contribution in [0.2, 0.25) is 5.02 Å². The lowest BCUT2D eigenvalue weighted by Gasteiger charge is -2.01. The minimum absolute atomic E-state index is 0.227. The second kappa shape index (κ2) is 5.81. The van der Waals surface area contributed by atoms with Crippen molar-refractivity contribution in [3.05, 3.63) is 71.6 Å². The molecule has 1 N–H and O–H groups in total. The van der Waals surface area contributed by atoms with Crippen molar-refractivity contribution >= 4 is 23.3 Å². The van der Waals surface area contributed by atoms with Crippen LogP contribution in [0.1, 0.15) is 10.6 Å². The molecule has 4 nitrogen and oxygen atoms in total. The molecule has 104 valence electrons. The summed E-state index contributed by atoms with van der Waals surface area (Å²) >= 11 is 5.84. The lowest BCUT2D eigenvalue weighted by atomic mass is 10.2. The first-order chi connectivity index (χ1) is 10.2. The second-order valence-corrected chi connectivity index (χ2v) is 4.78. The zero-order valence-corrected chi connectivity index (χ0v) is 11.7. The lowest BCUT2D eigenvalue weighted by molar-refractivity contribution is 0.0997. The quantitative estimate of drug-likeness (QED) is 0.786. The fraction of sp³-hybridized carbons (Fsp3) is 0. The van der Waals surface area contributed by atoms with Crippen LogP contribution in [0.3, 0.4) is 0 Å². The number of benzene rings is 1. The van der Waals surface area contributed by atoms with Gasteiger partial charge in [0.2, 0.25) is 0 Å². The Bertz CT molecular complexity index is 751. The molecular weight excluding hydrogens is 288 g/mol. The third-order valence-corrected chi connectivity index (χ3v) is 3.12. The summed E-state index contributed by atoms with van der Waals surface area (Å²) in [6.45, 7) is 0. The maximum Gasteiger partial charge on any atom is 0.292 e. The summed E-state index contributed by atoms with van der Waals surface area (Å²) in [7, 11) is 0. The number of nitrogens with zero attached hydrogens (tertiary/aromatic N) is 1. The Morgan fingerprint density at radius 1 is 1.05 bits per heavy atom. The molecular formula is C16H11ClN2O2. The van der Waals surface area contributed by atoms with Crippen LogP contribution in [0, 0.1) is 0 Å². The maximum atomic E-state index is 12.0. The molecule has 1 aromatic carbocycles. The SMILES string of the molecule is O=C(Nc1ccccn1)c1ccc(-c2ccc(Cl)cc2)o1.